The van der Waals surface area contributed by atoms with Crippen LogP contribution >= 0.6 is 0 Å². The number of hydrogen-bond acceptors (Lipinski definition) is 4. The van der Waals surface area contributed by atoms with Crippen molar-refractivity contribution in [2.75, 3.05) is 0 Å². The standard InChI is InChI=1S/C12H20N2O3/c1-11(16)8-6-4-3-5-7-9-12(17)14(10-15)13-2/h10H,2-9H2,1H3. The highest BCUT2D eigenvalue weighted by molar-refractivity contribution is 5.85. The van der Waals surface area contributed by atoms with Crippen molar-refractivity contribution in [2.24, 2.45) is 5.10 Å². The van der Waals surface area contributed by atoms with Crippen molar-refractivity contribution in [1.29, 1.82) is 0 Å². The molecule has 0 saturated heterocycles. The Morgan fingerprint density at radius 2 is 1.65 bits per heavy atom. The van der Waals surface area contributed by atoms with E-state index in [0.717, 1.165) is 37.1 Å². The lowest BCUT2D eigenvalue weighted by atomic mass is 10.1. The van der Waals surface area contributed by atoms with E-state index in [-0.39, 0.29) is 11.7 Å². The average Bonchev–Trinajstić information content (AvgIpc) is 2.29. The normalized spacial score (nSPS) is 9.71. The third kappa shape index (κ3) is 8.30. The third-order valence-electron chi connectivity index (χ3n) is 2.43. The molecular weight excluding hydrogens is 220 g/mol. The number of Topliss-reactive ketones (excluding diaryl/α,β-unsaturated/α-hetero) is 1. The second kappa shape index (κ2) is 9.69. The molecule has 5 heteroatoms. The van der Waals surface area contributed by atoms with Crippen LogP contribution in [0.2, 0.25) is 0 Å². The lowest BCUT2D eigenvalue weighted by molar-refractivity contribution is -0.138. The van der Waals surface area contributed by atoms with Crippen molar-refractivity contribution in [3.8, 4) is 0 Å². The van der Waals surface area contributed by atoms with Gasteiger partial charge in [-0.05, 0) is 19.8 Å². The van der Waals surface area contributed by atoms with E-state index >= 15 is 0 Å². The summed E-state index contributed by atoms with van der Waals surface area (Å²) >= 11 is 0. The summed E-state index contributed by atoms with van der Waals surface area (Å²) in [7, 11) is 0. The van der Waals surface area contributed by atoms with Crippen molar-refractivity contribution < 1.29 is 14.4 Å². The Kier molecular flexibility index (Phi) is 8.82. The van der Waals surface area contributed by atoms with Gasteiger partial charge in [0.25, 0.3) is 0 Å². The fourth-order valence-electron chi connectivity index (χ4n) is 1.47. The topological polar surface area (TPSA) is 66.8 Å². The van der Waals surface area contributed by atoms with Gasteiger partial charge >= 0.3 is 0 Å². The second-order valence-electron chi connectivity index (χ2n) is 3.95. The predicted molar refractivity (Wildman–Crippen MR) is 65.5 cm³/mol. The number of rotatable bonds is 10. The first-order valence-electron chi connectivity index (χ1n) is 5.85. The molecule has 0 aliphatic carbocycles. The van der Waals surface area contributed by atoms with Gasteiger partial charge in [0, 0.05) is 19.6 Å². The molecule has 0 bridgehead atoms. The number of unbranched alkanes of at least 4 members (excludes halogenated alkanes) is 4. The maximum absolute atomic E-state index is 11.3. The molecule has 0 aliphatic heterocycles. The predicted octanol–water partition coefficient (Wildman–Crippen LogP) is 1.91. The molecule has 2 amide bonds. The minimum Gasteiger partial charge on any atom is -0.300 e. The van der Waals surface area contributed by atoms with Gasteiger partial charge in [0.15, 0.2) is 0 Å². The highest BCUT2D eigenvalue weighted by Gasteiger charge is 2.09. The number of carbonyl (C=O) groups is 3. The Morgan fingerprint density at radius 1 is 1.12 bits per heavy atom. The smallest absolute Gasteiger partial charge is 0.249 e. The zero-order chi connectivity index (χ0) is 13.1. The van der Waals surface area contributed by atoms with Crippen LogP contribution in [0, 0.1) is 0 Å². The number of amides is 2. The van der Waals surface area contributed by atoms with Gasteiger partial charge in [-0.2, -0.15) is 10.1 Å². The van der Waals surface area contributed by atoms with E-state index in [2.05, 4.69) is 11.8 Å². The molecule has 17 heavy (non-hydrogen) atoms. The van der Waals surface area contributed by atoms with Gasteiger partial charge in [-0.1, -0.05) is 19.3 Å². The van der Waals surface area contributed by atoms with Crippen LogP contribution in [0.25, 0.3) is 0 Å². The van der Waals surface area contributed by atoms with Gasteiger partial charge in [-0.25, -0.2) is 0 Å². The van der Waals surface area contributed by atoms with Crippen LogP contribution in [0.5, 0.6) is 0 Å². The van der Waals surface area contributed by atoms with Crippen molar-refractivity contribution in [3.63, 3.8) is 0 Å². The van der Waals surface area contributed by atoms with Crippen LogP contribution in [0.3, 0.4) is 0 Å². The monoisotopic (exact) mass is 240 g/mol. The Balaban J connectivity index is 3.45. The summed E-state index contributed by atoms with van der Waals surface area (Å²) in [5.41, 5.74) is 0. The first-order chi connectivity index (χ1) is 8.11. The summed E-state index contributed by atoms with van der Waals surface area (Å²) in [5.74, 6) is -0.0994. The molecule has 0 aromatic rings. The molecule has 5 nitrogen and oxygen atoms in total. The summed E-state index contributed by atoms with van der Waals surface area (Å²) in [6.07, 6.45) is 5.89. The van der Waals surface area contributed by atoms with Crippen molar-refractivity contribution in [2.45, 2.75) is 51.9 Å². The largest absolute Gasteiger partial charge is 0.300 e. The van der Waals surface area contributed by atoms with Crippen LogP contribution in [0.4, 0.5) is 0 Å². The fourth-order valence-corrected chi connectivity index (χ4v) is 1.47. The number of carbonyl (C=O) groups excluding carboxylic acids is 3. The number of ketones is 1. The van der Waals surface area contributed by atoms with E-state index in [1.54, 1.807) is 6.92 Å². The summed E-state index contributed by atoms with van der Waals surface area (Å²) in [4.78, 5) is 32.3. The summed E-state index contributed by atoms with van der Waals surface area (Å²) in [6, 6.07) is 0. The highest BCUT2D eigenvalue weighted by atomic mass is 16.2. The molecule has 0 aromatic heterocycles. The van der Waals surface area contributed by atoms with Gasteiger partial charge in [0.05, 0.1) is 0 Å². The quantitative estimate of drug-likeness (QED) is 0.253. The fraction of sp³-hybridized carbons (Fsp3) is 0.667. The maximum Gasteiger partial charge on any atom is 0.249 e. The van der Waals surface area contributed by atoms with Crippen molar-refractivity contribution in [3.05, 3.63) is 0 Å². The van der Waals surface area contributed by atoms with Crippen LogP contribution in [0.15, 0.2) is 5.10 Å². The molecule has 0 aliphatic rings. The van der Waals surface area contributed by atoms with Crippen molar-refractivity contribution >= 4 is 24.8 Å². The Hall–Kier alpha value is -1.52. The van der Waals surface area contributed by atoms with Gasteiger partial charge in [-0.3, -0.25) is 9.59 Å². The van der Waals surface area contributed by atoms with Crippen LogP contribution in [-0.2, 0) is 14.4 Å². The van der Waals surface area contributed by atoms with E-state index in [1.165, 1.54) is 0 Å². The lowest BCUT2D eigenvalue weighted by Crippen LogP contribution is -2.23. The molecule has 0 aromatic carbocycles. The molecular formula is C12H20N2O3. The first kappa shape index (κ1) is 15.5. The number of nitrogens with zero attached hydrogens (tertiary/aromatic N) is 2. The molecule has 0 unspecified atom stereocenters. The van der Waals surface area contributed by atoms with Crippen LogP contribution in [-0.4, -0.2) is 29.8 Å². The zero-order valence-electron chi connectivity index (χ0n) is 10.4. The molecule has 0 spiro atoms. The zero-order valence-corrected chi connectivity index (χ0v) is 10.4. The third-order valence-corrected chi connectivity index (χ3v) is 2.43. The molecule has 0 heterocycles. The number of hydrazone groups is 1. The van der Waals surface area contributed by atoms with Crippen molar-refractivity contribution in [1.82, 2.24) is 5.01 Å². The molecule has 0 radical (unpaired) electrons. The second-order valence-corrected chi connectivity index (χ2v) is 3.95. The maximum atomic E-state index is 11.3. The van der Waals surface area contributed by atoms with E-state index in [4.69, 9.17) is 0 Å². The first-order valence-corrected chi connectivity index (χ1v) is 5.85. The van der Waals surface area contributed by atoms with Crippen LogP contribution in [0.1, 0.15) is 51.9 Å². The highest BCUT2D eigenvalue weighted by Crippen LogP contribution is 2.08. The Morgan fingerprint density at radius 3 is 2.12 bits per heavy atom. The molecule has 0 fully saturated rings. The number of hydrogen-bond donors (Lipinski definition) is 0. The van der Waals surface area contributed by atoms with E-state index in [1.807, 2.05) is 0 Å². The molecule has 96 valence electrons. The summed E-state index contributed by atoms with van der Waals surface area (Å²) in [6.45, 7) is 4.72. The molecule has 0 atom stereocenters. The van der Waals surface area contributed by atoms with Crippen LogP contribution < -0.4 is 0 Å². The van der Waals surface area contributed by atoms with Gasteiger partial charge in [0.2, 0.25) is 12.3 Å². The molecule has 0 N–H and O–H groups in total. The van der Waals surface area contributed by atoms with E-state index < -0.39 is 0 Å². The summed E-state index contributed by atoms with van der Waals surface area (Å²) < 4.78 is 0. The minimum absolute atomic E-state index is 0.221. The van der Waals surface area contributed by atoms with Gasteiger partial charge < -0.3 is 4.79 Å². The minimum atomic E-state index is -0.321. The van der Waals surface area contributed by atoms with Gasteiger partial charge in [0.1, 0.15) is 5.78 Å². The van der Waals surface area contributed by atoms with Gasteiger partial charge in [-0.15, -0.1) is 0 Å². The Bertz CT molecular complexity index is 269. The number of imide groups is 1. The summed E-state index contributed by atoms with van der Waals surface area (Å²) in [5, 5.41) is 4.00. The van der Waals surface area contributed by atoms with E-state index in [9.17, 15) is 14.4 Å². The molecule has 0 rings (SSSR count). The molecule has 0 saturated carbocycles. The average molecular weight is 240 g/mol. The SMILES string of the molecule is C=NN(C=O)C(=O)CCCCCCCC(C)=O. The Labute approximate surface area is 102 Å². The van der Waals surface area contributed by atoms with E-state index in [0.29, 0.717) is 19.3 Å². The lowest BCUT2D eigenvalue weighted by Gasteiger charge is -2.07.